The fourth-order valence-electron chi connectivity index (χ4n) is 11.3. The zero-order valence-corrected chi connectivity index (χ0v) is 39.8. The number of ether oxygens (including phenoxy) is 3. The van der Waals surface area contributed by atoms with Crippen molar-refractivity contribution >= 4 is 29.2 Å². The van der Waals surface area contributed by atoms with Crippen molar-refractivity contribution in [3.8, 4) is 17.2 Å². The van der Waals surface area contributed by atoms with Gasteiger partial charge in [-0.3, -0.25) is 14.7 Å². The molecule has 0 unspecified atom stereocenters. The standard InChI is InChI=1S/C54H68ClFN4O6/c1-37(36-66-49-17-24-57-48-13-4-8-38(2)51(48)49)30-41-32-40-15-16-46(34-47(40)53(41)20-22-54(23-21-53,52(62)63)58-44-11-6-10-42(55)33-44)64-28-7-14-50(61)59(3)25-18-39-9-5-12-45(31-39)65-29-27-60-26-19-43(56)35-60/h5-6,9-12,15-17,24,31,33-34,37-38,41,43,58H,4,7-8,13-14,18-23,25-30,32,35-36H2,1-3H3,(H,62,63)/t37-,38-,41+,43+,53?,54?/m1/s1. The maximum Gasteiger partial charge on any atom is 0.329 e. The van der Waals surface area contributed by atoms with E-state index in [2.05, 4.69) is 53.3 Å². The van der Waals surface area contributed by atoms with E-state index in [0.717, 1.165) is 74.3 Å². The number of carboxylic acids is 1. The Morgan fingerprint density at radius 1 is 1.00 bits per heavy atom. The Balaban J connectivity index is 0.881. The van der Waals surface area contributed by atoms with Gasteiger partial charge >= 0.3 is 5.97 Å². The summed E-state index contributed by atoms with van der Waals surface area (Å²) in [5.41, 5.74) is 5.48. The molecule has 2 fully saturated rings. The third-order valence-electron chi connectivity index (χ3n) is 15.0. The van der Waals surface area contributed by atoms with E-state index in [-0.39, 0.29) is 17.2 Å². The number of alkyl halides is 1. The molecule has 66 heavy (non-hydrogen) atoms. The molecule has 1 spiro atoms. The van der Waals surface area contributed by atoms with Gasteiger partial charge < -0.3 is 29.5 Å². The van der Waals surface area contributed by atoms with E-state index in [9.17, 15) is 19.1 Å². The van der Waals surface area contributed by atoms with Gasteiger partial charge in [0.15, 0.2) is 0 Å². The maximum atomic E-state index is 13.5. The Kier molecular flexibility index (Phi) is 15.4. The number of nitrogens with one attached hydrogen (secondary N) is 1. The molecule has 0 bridgehead atoms. The summed E-state index contributed by atoms with van der Waals surface area (Å²) in [6, 6.07) is 23.8. The highest BCUT2D eigenvalue weighted by Crippen LogP contribution is 2.57. The molecule has 1 amide bonds. The van der Waals surface area contributed by atoms with Gasteiger partial charge in [0.25, 0.3) is 0 Å². The SMILES string of the molecule is C[C@@H](COc1ccnc2c1[C@H](C)CCC2)C[C@H]1Cc2ccc(OCCCC(=O)N(C)CCc3cccc(OCCN4CC[C@H](F)C4)c3)cc2C12CCC(Nc1cccc(Cl)c1)(C(=O)O)CC2. The number of hydrogen-bond acceptors (Lipinski definition) is 8. The van der Waals surface area contributed by atoms with Crippen LogP contribution in [0.4, 0.5) is 10.1 Å². The van der Waals surface area contributed by atoms with E-state index in [0.29, 0.717) is 101 Å². The first-order valence-electron chi connectivity index (χ1n) is 24.4. The lowest BCUT2D eigenvalue weighted by Crippen LogP contribution is -2.53. The normalized spacial score (nSPS) is 24.0. The molecule has 1 saturated carbocycles. The summed E-state index contributed by atoms with van der Waals surface area (Å²) in [7, 11) is 1.85. The zero-order valence-electron chi connectivity index (χ0n) is 39.0. The van der Waals surface area contributed by atoms with Crippen molar-refractivity contribution in [1.29, 1.82) is 0 Å². The number of hydrogen-bond donors (Lipinski definition) is 2. The molecule has 8 rings (SSSR count). The summed E-state index contributed by atoms with van der Waals surface area (Å²) in [6.07, 6.45) is 11.0. The van der Waals surface area contributed by atoms with Crippen LogP contribution in [0, 0.1) is 11.8 Å². The molecule has 4 aliphatic rings. The average Bonchev–Trinajstić information content (AvgIpc) is 3.86. The smallest absolute Gasteiger partial charge is 0.329 e. The number of rotatable bonds is 20. The minimum absolute atomic E-state index is 0.0745. The molecule has 2 heterocycles. The number of likely N-dealkylation sites (N-methyl/N-ethyl adjacent to an activating group) is 1. The van der Waals surface area contributed by atoms with Crippen LogP contribution in [0.5, 0.6) is 17.2 Å². The van der Waals surface area contributed by atoms with E-state index in [1.807, 2.05) is 49.6 Å². The Labute approximate surface area is 395 Å². The Morgan fingerprint density at radius 2 is 1.80 bits per heavy atom. The highest BCUT2D eigenvalue weighted by molar-refractivity contribution is 6.30. The molecule has 10 nitrogen and oxygen atoms in total. The van der Waals surface area contributed by atoms with Gasteiger partial charge in [-0.1, -0.05) is 49.7 Å². The number of amides is 1. The number of aryl methyl sites for hydroxylation is 1. The van der Waals surface area contributed by atoms with E-state index in [1.165, 1.54) is 22.4 Å². The third-order valence-corrected chi connectivity index (χ3v) is 15.3. The number of anilines is 1. The molecule has 4 aromatic rings. The lowest BCUT2D eigenvalue weighted by Gasteiger charge is -2.47. The van der Waals surface area contributed by atoms with Crippen LogP contribution in [-0.2, 0) is 34.3 Å². The second-order valence-corrected chi connectivity index (χ2v) is 20.1. The number of pyridine rings is 1. The van der Waals surface area contributed by atoms with Gasteiger partial charge in [-0.25, -0.2) is 9.18 Å². The summed E-state index contributed by atoms with van der Waals surface area (Å²) in [5.74, 6) is 2.78. The Morgan fingerprint density at radius 3 is 2.59 bits per heavy atom. The number of aliphatic carboxylic acids is 1. The van der Waals surface area contributed by atoms with Crippen molar-refractivity contribution in [3.63, 3.8) is 0 Å². The summed E-state index contributed by atoms with van der Waals surface area (Å²) in [4.78, 5) is 34.9. The largest absolute Gasteiger partial charge is 0.494 e. The fourth-order valence-corrected chi connectivity index (χ4v) is 11.5. The number of carboxylic acid groups (broad SMARTS) is 1. The molecule has 1 aromatic heterocycles. The van der Waals surface area contributed by atoms with Crippen LogP contribution in [-0.4, -0.2) is 96.5 Å². The van der Waals surface area contributed by atoms with Crippen LogP contribution in [0.15, 0.2) is 79.0 Å². The van der Waals surface area contributed by atoms with Gasteiger partial charge in [-0.05, 0) is 165 Å². The molecule has 3 aliphatic carbocycles. The van der Waals surface area contributed by atoms with Crippen LogP contribution in [0.3, 0.4) is 0 Å². The third kappa shape index (κ3) is 11.3. The van der Waals surface area contributed by atoms with Gasteiger partial charge in [0.2, 0.25) is 5.91 Å². The number of carbonyl (C=O) groups excluding carboxylic acids is 1. The van der Waals surface area contributed by atoms with E-state index < -0.39 is 17.7 Å². The van der Waals surface area contributed by atoms with Crippen molar-refractivity contribution in [2.45, 2.75) is 120 Å². The number of aromatic nitrogens is 1. The quantitative estimate of drug-likeness (QED) is 0.0837. The van der Waals surface area contributed by atoms with Crippen molar-refractivity contribution in [1.82, 2.24) is 14.8 Å². The number of benzene rings is 3. The molecular weight excluding hydrogens is 855 g/mol. The summed E-state index contributed by atoms with van der Waals surface area (Å²) in [6.45, 7) is 8.66. The van der Waals surface area contributed by atoms with Crippen LogP contribution in [0.1, 0.15) is 112 Å². The average molecular weight is 924 g/mol. The topological polar surface area (TPSA) is 113 Å². The van der Waals surface area contributed by atoms with Gasteiger partial charge in [0.05, 0.1) is 13.2 Å². The summed E-state index contributed by atoms with van der Waals surface area (Å²) in [5, 5.41) is 14.7. The lowest BCUT2D eigenvalue weighted by atomic mass is 9.59. The number of halogens is 2. The number of likely N-dealkylation sites (tertiary alicyclic amines) is 1. The van der Waals surface area contributed by atoms with Gasteiger partial charge in [-0.2, -0.15) is 0 Å². The minimum Gasteiger partial charge on any atom is -0.494 e. The van der Waals surface area contributed by atoms with Gasteiger partial charge in [0, 0.05) is 67.8 Å². The molecule has 4 atom stereocenters. The molecule has 1 saturated heterocycles. The molecular formula is C54H68ClFN4O6. The fraction of sp³-hybridized carbons (Fsp3) is 0.537. The first-order valence-corrected chi connectivity index (χ1v) is 24.7. The summed E-state index contributed by atoms with van der Waals surface area (Å²) < 4.78 is 32.5. The molecule has 3 aromatic carbocycles. The molecule has 1 aliphatic heterocycles. The van der Waals surface area contributed by atoms with Crippen molar-refractivity contribution in [2.24, 2.45) is 11.8 Å². The van der Waals surface area contributed by atoms with Crippen LogP contribution >= 0.6 is 11.6 Å². The molecule has 12 heteroatoms. The first-order chi connectivity index (χ1) is 31.9. The van der Waals surface area contributed by atoms with Gasteiger partial charge in [-0.15, -0.1) is 0 Å². The van der Waals surface area contributed by atoms with Crippen molar-refractivity contribution in [3.05, 3.63) is 112 Å². The van der Waals surface area contributed by atoms with E-state index in [4.69, 9.17) is 25.8 Å². The second kappa shape index (κ2) is 21.4. The monoisotopic (exact) mass is 922 g/mol. The predicted octanol–water partition coefficient (Wildman–Crippen LogP) is 10.5. The number of carbonyl (C=O) groups is 2. The van der Waals surface area contributed by atoms with Crippen LogP contribution in [0.2, 0.25) is 5.02 Å². The van der Waals surface area contributed by atoms with E-state index in [1.54, 1.807) is 17.0 Å². The number of nitrogens with zero attached hydrogens (tertiary/aromatic N) is 3. The van der Waals surface area contributed by atoms with Crippen LogP contribution < -0.4 is 19.5 Å². The second-order valence-electron chi connectivity index (χ2n) is 19.7. The van der Waals surface area contributed by atoms with E-state index >= 15 is 0 Å². The minimum atomic E-state index is -1.11. The highest BCUT2D eigenvalue weighted by Gasteiger charge is 2.54. The first kappa shape index (κ1) is 47.6. The Hall–Kier alpha value is -4.87. The highest BCUT2D eigenvalue weighted by atomic mass is 35.5. The number of fused-ring (bicyclic) bond motifs is 3. The van der Waals surface area contributed by atoms with Crippen molar-refractivity contribution in [2.75, 3.05) is 58.4 Å². The molecule has 0 radical (unpaired) electrons. The van der Waals surface area contributed by atoms with Crippen molar-refractivity contribution < 1.29 is 33.3 Å². The summed E-state index contributed by atoms with van der Waals surface area (Å²) >= 11 is 6.33. The molecule has 354 valence electrons. The van der Waals surface area contributed by atoms with Gasteiger partial charge in [0.1, 0.15) is 35.6 Å². The zero-order chi connectivity index (χ0) is 46.3. The maximum absolute atomic E-state index is 13.5. The predicted molar refractivity (Wildman–Crippen MR) is 258 cm³/mol. The van der Waals surface area contributed by atoms with Crippen LogP contribution in [0.25, 0.3) is 0 Å². The Bertz CT molecular complexity index is 2300. The lowest BCUT2D eigenvalue weighted by molar-refractivity contribution is -0.144. The molecule has 2 N–H and O–H groups in total.